The minimum atomic E-state index is 0.732. The lowest BCUT2D eigenvalue weighted by Gasteiger charge is -2.22. The zero-order chi connectivity index (χ0) is 9.80. The van der Waals surface area contributed by atoms with Crippen molar-refractivity contribution in [3.8, 4) is 0 Å². The summed E-state index contributed by atoms with van der Waals surface area (Å²) >= 11 is 0. The van der Waals surface area contributed by atoms with Gasteiger partial charge in [0.15, 0.2) is 0 Å². The van der Waals surface area contributed by atoms with E-state index >= 15 is 0 Å². The Kier molecular flexibility index (Phi) is 3.14. The van der Waals surface area contributed by atoms with E-state index < -0.39 is 0 Å². The molecule has 1 unspecified atom stereocenters. The van der Waals surface area contributed by atoms with E-state index in [0.29, 0.717) is 0 Å². The molecule has 1 aliphatic rings. The number of nitrogens with one attached hydrogen (secondary N) is 1. The van der Waals surface area contributed by atoms with Gasteiger partial charge in [0.25, 0.3) is 0 Å². The lowest BCUT2D eigenvalue weighted by atomic mass is 10.00. The highest BCUT2D eigenvalue weighted by Gasteiger charge is 2.14. The monoisotopic (exact) mass is 194 g/mol. The van der Waals surface area contributed by atoms with Crippen LogP contribution in [0.1, 0.15) is 25.5 Å². The van der Waals surface area contributed by atoms with Crippen molar-refractivity contribution in [3.63, 3.8) is 0 Å². The molecule has 0 saturated carbocycles. The second-order valence-corrected chi connectivity index (χ2v) is 3.97. The number of hydrogen-bond donors (Lipinski definition) is 1. The van der Waals surface area contributed by atoms with Gasteiger partial charge in [-0.1, -0.05) is 12.1 Å². The molecule has 1 aliphatic heterocycles. The first-order valence-corrected chi connectivity index (χ1v) is 5.48. The molecule has 1 aromatic heterocycles. The number of piperidine rings is 1. The third-order valence-electron chi connectivity index (χ3n) is 2.89. The summed E-state index contributed by atoms with van der Waals surface area (Å²) in [5.74, 6) is 0.732. The molecule has 1 aromatic rings. The largest absolute Gasteiger partial charge is 0.316 e. The van der Waals surface area contributed by atoms with E-state index in [9.17, 15) is 0 Å². The molecular weight excluding hydrogens is 176 g/mol. The Hall–Kier alpha value is -0.900. The Balaban J connectivity index is 1.95. The maximum Gasteiger partial charge on any atom is 0.0725 e. The molecule has 4 nitrogen and oxygen atoms in total. The highest BCUT2D eigenvalue weighted by Crippen LogP contribution is 2.12. The first-order chi connectivity index (χ1) is 6.90. The maximum absolute atomic E-state index is 4.12. The molecule has 2 heterocycles. The van der Waals surface area contributed by atoms with Crippen LogP contribution in [0.15, 0.2) is 6.20 Å². The third kappa shape index (κ3) is 2.12. The third-order valence-corrected chi connectivity index (χ3v) is 2.89. The molecule has 14 heavy (non-hydrogen) atoms. The van der Waals surface area contributed by atoms with Gasteiger partial charge in [-0.3, -0.25) is 0 Å². The van der Waals surface area contributed by atoms with E-state index in [4.69, 9.17) is 0 Å². The smallest absolute Gasteiger partial charge is 0.0725 e. The fourth-order valence-corrected chi connectivity index (χ4v) is 2.03. The van der Waals surface area contributed by atoms with Crippen LogP contribution in [0.25, 0.3) is 0 Å². The van der Waals surface area contributed by atoms with Crippen molar-refractivity contribution in [3.05, 3.63) is 11.9 Å². The van der Waals surface area contributed by atoms with E-state index in [1.807, 2.05) is 6.20 Å². The van der Waals surface area contributed by atoms with Gasteiger partial charge in [-0.2, -0.15) is 0 Å². The van der Waals surface area contributed by atoms with Crippen LogP contribution in [-0.4, -0.2) is 28.1 Å². The summed E-state index contributed by atoms with van der Waals surface area (Å²) < 4.78 is 2.05. The Morgan fingerprint density at radius 2 is 2.57 bits per heavy atom. The summed E-state index contributed by atoms with van der Waals surface area (Å²) in [5, 5.41) is 11.5. The fourth-order valence-electron chi connectivity index (χ4n) is 2.03. The van der Waals surface area contributed by atoms with Gasteiger partial charge in [0.1, 0.15) is 0 Å². The quantitative estimate of drug-likeness (QED) is 0.775. The van der Waals surface area contributed by atoms with Gasteiger partial charge in [-0.15, -0.1) is 5.10 Å². The van der Waals surface area contributed by atoms with E-state index in [-0.39, 0.29) is 0 Å². The van der Waals surface area contributed by atoms with Gasteiger partial charge in [-0.05, 0) is 38.3 Å². The van der Waals surface area contributed by atoms with Crippen molar-refractivity contribution in [2.24, 2.45) is 5.92 Å². The van der Waals surface area contributed by atoms with Crippen LogP contribution in [0.2, 0.25) is 0 Å². The number of rotatable bonds is 3. The Morgan fingerprint density at radius 3 is 3.29 bits per heavy atom. The molecule has 0 amide bonds. The van der Waals surface area contributed by atoms with Gasteiger partial charge in [0.2, 0.25) is 0 Å². The molecule has 78 valence electrons. The van der Waals surface area contributed by atoms with Crippen molar-refractivity contribution in [2.75, 3.05) is 13.1 Å². The Labute approximate surface area is 84.7 Å². The van der Waals surface area contributed by atoms with Gasteiger partial charge >= 0.3 is 0 Å². The van der Waals surface area contributed by atoms with Gasteiger partial charge in [0, 0.05) is 6.54 Å². The van der Waals surface area contributed by atoms with Gasteiger partial charge in [-0.25, -0.2) is 4.68 Å². The summed E-state index contributed by atoms with van der Waals surface area (Å²) in [4.78, 5) is 0. The van der Waals surface area contributed by atoms with E-state index in [2.05, 4.69) is 27.2 Å². The summed E-state index contributed by atoms with van der Waals surface area (Å²) in [6.07, 6.45) is 5.50. The van der Waals surface area contributed by atoms with Crippen molar-refractivity contribution in [1.29, 1.82) is 0 Å². The number of nitrogens with zero attached hydrogens (tertiary/aromatic N) is 3. The molecule has 0 spiro atoms. The van der Waals surface area contributed by atoms with Crippen LogP contribution in [0, 0.1) is 5.92 Å². The lowest BCUT2D eigenvalue weighted by Crippen LogP contribution is -2.32. The summed E-state index contributed by atoms with van der Waals surface area (Å²) in [6, 6.07) is 0. The fraction of sp³-hybridized carbons (Fsp3) is 0.800. The van der Waals surface area contributed by atoms with E-state index in [1.165, 1.54) is 25.1 Å². The summed E-state index contributed by atoms with van der Waals surface area (Å²) in [7, 11) is 0. The molecule has 2 rings (SSSR count). The number of aryl methyl sites for hydroxylation is 1. The van der Waals surface area contributed by atoms with Gasteiger partial charge < -0.3 is 5.32 Å². The highest BCUT2D eigenvalue weighted by atomic mass is 15.4. The lowest BCUT2D eigenvalue weighted by molar-refractivity contribution is 0.319. The van der Waals surface area contributed by atoms with Crippen LogP contribution < -0.4 is 5.32 Å². The SMILES string of the molecule is CCc1cnnn1CC1CCCNC1. The molecular formula is C10H18N4. The molecule has 0 aromatic carbocycles. The molecule has 0 radical (unpaired) electrons. The van der Waals surface area contributed by atoms with Crippen molar-refractivity contribution < 1.29 is 0 Å². The summed E-state index contributed by atoms with van der Waals surface area (Å²) in [6.45, 7) is 5.47. The van der Waals surface area contributed by atoms with Crippen LogP contribution in [0.5, 0.6) is 0 Å². The second-order valence-electron chi connectivity index (χ2n) is 3.97. The van der Waals surface area contributed by atoms with E-state index in [1.54, 1.807) is 0 Å². The normalized spacial score (nSPS) is 22.5. The molecule has 1 N–H and O–H groups in total. The Bertz CT molecular complexity index is 275. The standard InChI is InChI=1S/C10H18N4/c1-2-10-7-12-13-14(10)8-9-4-3-5-11-6-9/h7,9,11H,2-6,8H2,1H3. The molecule has 4 heteroatoms. The average molecular weight is 194 g/mol. The molecule has 1 atom stereocenters. The van der Waals surface area contributed by atoms with Crippen molar-refractivity contribution in [1.82, 2.24) is 20.3 Å². The maximum atomic E-state index is 4.12. The predicted molar refractivity (Wildman–Crippen MR) is 55.0 cm³/mol. The molecule has 1 saturated heterocycles. The predicted octanol–water partition coefficient (Wildman–Crippen LogP) is 0.840. The molecule has 0 aliphatic carbocycles. The average Bonchev–Trinajstić information content (AvgIpc) is 2.67. The minimum absolute atomic E-state index is 0.732. The number of hydrogen-bond acceptors (Lipinski definition) is 3. The first-order valence-electron chi connectivity index (χ1n) is 5.48. The van der Waals surface area contributed by atoms with Crippen LogP contribution in [-0.2, 0) is 13.0 Å². The zero-order valence-electron chi connectivity index (χ0n) is 8.74. The van der Waals surface area contributed by atoms with Crippen LogP contribution in [0.3, 0.4) is 0 Å². The first kappa shape index (κ1) is 9.65. The molecule has 0 bridgehead atoms. The van der Waals surface area contributed by atoms with E-state index in [0.717, 1.165) is 25.4 Å². The molecule has 1 fully saturated rings. The van der Waals surface area contributed by atoms with Gasteiger partial charge in [0.05, 0.1) is 11.9 Å². The topological polar surface area (TPSA) is 42.7 Å². The minimum Gasteiger partial charge on any atom is -0.316 e. The second kappa shape index (κ2) is 4.55. The highest BCUT2D eigenvalue weighted by molar-refractivity contribution is 4.93. The van der Waals surface area contributed by atoms with Crippen LogP contribution >= 0.6 is 0 Å². The van der Waals surface area contributed by atoms with Crippen molar-refractivity contribution in [2.45, 2.75) is 32.7 Å². The van der Waals surface area contributed by atoms with Crippen molar-refractivity contribution >= 4 is 0 Å². The Morgan fingerprint density at radius 1 is 1.64 bits per heavy atom. The zero-order valence-corrected chi connectivity index (χ0v) is 8.74. The van der Waals surface area contributed by atoms with Crippen LogP contribution in [0.4, 0.5) is 0 Å². The summed E-state index contributed by atoms with van der Waals surface area (Å²) in [5.41, 5.74) is 1.25. The number of aromatic nitrogens is 3.